The molecular weight excluding hydrogens is 180 g/mol. The van der Waals surface area contributed by atoms with Gasteiger partial charge in [0.05, 0.1) is 12.8 Å². The van der Waals surface area contributed by atoms with Crippen molar-refractivity contribution in [1.29, 1.82) is 0 Å². The molecule has 0 saturated heterocycles. The van der Waals surface area contributed by atoms with E-state index in [1.54, 1.807) is 0 Å². The topological polar surface area (TPSA) is 85.4 Å². The van der Waals surface area contributed by atoms with E-state index in [1.807, 2.05) is 0 Å². The molecule has 6 heteroatoms. The third kappa shape index (κ3) is 2.18. The van der Waals surface area contributed by atoms with Crippen LogP contribution in [-0.4, -0.2) is 29.3 Å². The molecular formula is C6H8N2O3S. The lowest BCUT2D eigenvalue weighted by atomic mass is 10.6. The standard InChI is InChI=1S/C6H8N2O3S/c7-6-8-3-4(12-6)5(10)11-2-1-9/h3,9H,1-2H2,(H2,7,8). The lowest BCUT2D eigenvalue weighted by Crippen LogP contribution is -2.06. The Kier molecular flexibility index (Phi) is 3.01. The second kappa shape index (κ2) is 4.03. The first-order valence-corrected chi connectivity index (χ1v) is 4.05. The summed E-state index contributed by atoms with van der Waals surface area (Å²) in [6.07, 6.45) is 1.35. The maximum atomic E-state index is 11.0. The Bertz CT molecular complexity index is 274. The molecule has 0 radical (unpaired) electrons. The number of nitrogens with zero attached hydrogens (tertiary/aromatic N) is 1. The van der Waals surface area contributed by atoms with Crippen LogP contribution >= 0.6 is 11.3 Å². The average Bonchev–Trinajstić information content (AvgIpc) is 2.47. The van der Waals surface area contributed by atoms with Gasteiger partial charge in [-0.3, -0.25) is 0 Å². The highest BCUT2D eigenvalue weighted by Gasteiger charge is 2.09. The predicted octanol–water partition coefficient (Wildman–Crippen LogP) is -0.126. The molecule has 1 rings (SSSR count). The first-order chi connectivity index (χ1) is 5.74. The highest BCUT2D eigenvalue weighted by Crippen LogP contribution is 2.14. The van der Waals surface area contributed by atoms with Crippen molar-refractivity contribution in [2.24, 2.45) is 0 Å². The Labute approximate surface area is 72.8 Å². The molecule has 12 heavy (non-hydrogen) atoms. The van der Waals surface area contributed by atoms with E-state index in [-0.39, 0.29) is 13.2 Å². The van der Waals surface area contributed by atoms with Gasteiger partial charge >= 0.3 is 5.97 Å². The van der Waals surface area contributed by atoms with Crippen molar-refractivity contribution < 1.29 is 14.6 Å². The largest absolute Gasteiger partial charge is 0.459 e. The Hall–Kier alpha value is -1.14. The zero-order chi connectivity index (χ0) is 8.97. The molecule has 3 N–H and O–H groups in total. The van der Waals surface area contributed by atoms with Gasteiger partial charge in [0.1, 0.15) is 11.5 Å². The highest BCUT2D eigenvalue weighted by atomic mass is 32.1. The number of ether oxygens (including phenoxy) is 1. The van der Waals surface area contributed by atoms with Gasteiger partial charge in [-0.1, -0.05) is 11.3 Å². The Morgan fingerprint density at radius 2 is 2.58 bits per heavy atom. The van der Waals surface area contributed by atoms with Crippen molar-refractivity contribution in [2.75, 3.05) is 18.9 Å². The number of thiazole rings is 1. The molecule has 0 bridgehead atoms. The zero-order valence-electron chi connectivity index (χ0n) is 6.19. The van der Waals surface area contributed by atoms with Gasteiger partial charge in [0.25, 0.3) is 0 Å². The molecule has 0 saturated carbocycles. The van der Waals surface area contributed by atoms with Crippen LogP contribution in [0.2, 0.25) is 0 Å². The van der Waals surface area contributed by atoms with Crippen LogP contribution < -0.4 is 5.73 Å². The Balaban J connectivity index is 2.53. The first-order valence-electron chi connectivity index (χ1n) is 3.23. The summed E-state index contributed by atoms with van der Waals surface area (Å²) in [7, 11) is 0. The predicted molar refractivity (Wildman–Crippen MR) is 43.9 cm³/mol. The molecule has 0 amide bonds. The Morgan fingerprint density at radius 1 is 1.83 bits per heavy atom. The van der Waals surface area contributed by atoms with E-state index in [0.717, 1.165) is 11.3 Å². The number of anilines is 1. The first kappa shape index (κ1) is 8.95. The fraction of sp³-hybridized carbons (Fsp3) is 0.333. The third-order valence-corrected chi connectivity index (χ3v) is 1.86. The second-order valence-electron chi connectivity index (χ2n) is 1.92. The van der Waals surface area contributed by atoms with Gasteiger partial charge in [0.15, 0.2) is 5.13 Å². The Morgan fingerprint density at radius 3 is 3.08 bits per heavy atom. The van der Waals surface area contributed by atoms with Crippen LogP contribution in [-0.2, 0) is 4.74 Å². The molecule has 0 aliphatic heterocycles. The van der Waals surface area contributed by atoms with Crippen molar-refractivity contribution >= 4 is 22.4 Å². The van der Waals surface area contributed by atoms with Crippen molar-refractivity contribution in [3.63, 3.8) is 0 Å². The molecule has 0 fully saturated rings. The average molecular weight is 188 g/mol. The lowest BCUT2D eigenvalue weighted by Gasteiger charge is -1.97. The minimum absolute atomic E-state index is 0.00334. The van der Waals surface area contributed by atoms with E-state index in [2.05, 4.69) is 9.72 Å². The number of aromatic nitrogens is 1. The fourth-order valence-electron chi connectivity index (χ4n) is 0.591. The molecule has 1 aromatic heterocycles. The number of aliphatic hydroxyl groups is 1. The van der Waals surface area contributed by atoms with E-state index in [1.165, 1.54) is 6.20 Å². The molecule has 1 aromatic rings. The van der Waals surface area contributed by atoms with Crippen LogP contribution in [0.3, 0.4) is 0 Å². The summed E-state index contributed by atoms with van der Waals surface area (Å²) in [4.78, 5) is 15.0. The van der Waals surface area contributed by atoms with Gasteiger partial charge in [0, 0.05) is 0 Å². The molecule has 0 spiro atoms. The smallest absolute Gasteiger partial charge is 0.350 e. The molecule has 0 aromatic carbocycles. The summed E-state index contributed by atoms with van der Waals surface area (Å²) >= 11 is 1.06. The van der Waals surface area contributed by atoms with E-state index in [0.29, 0.717) is 10.0 Å². The number of hydrogen-bond acceptors (Lipinski definition) is 6. The number of rotatable bonds is 3. The maximum absolute atomic E-state index is 11.0. The molecule has 0 aliphatic rings. The molecule has 1 heterocycles. The van der Waals surface area contributed by atoms with Gasteiger partial charge in [-0.2, -0.15) is 0 Å². The maximum Gasteiger partial charge on any atom is 0.350 e. The van der Waals surface area contributed by atoms with Crippen LogP contribution in [0.25, 0.3) is 0 Å². The van der Waals surface area contributed by atoms with Gasteiger partial charge in [0.2, 0.25) is 0 Å². The van der Waals surface area contributed by atoms with Gasteiger partial charge in [-0.25, -0.2) is 9.78 Å². The van der Waals surface area contributed by atoms with Crippen LogP contribution in [0.1, 0.15) is 9.67 Å². The van der Waals surface area contributed by atoms with E-state index < -0.39 is 5.97 Å². The number of carbonyl (C=O) groups is 1. The van der Waals surface area contributed by atoms with Gasteiger partial charge in [-0.15, -0.1) is 0 Å². The summed E-state index contributed by atoms with van der Waals surface area (Å²) in [5.41, 5.74) is 5.30. The van der Waals surface area contributed by atoms with Gasteiger partial charge in [-0.05, 0) is 0 Å². The molecule has 5 nitrogen and oxygen atoms in total. The summed E-state index contributed by atoms with van der Waals surface area (Å²) in [5, 5.41) is 8.68. The van der Waals surface area contributed by atoms with E-state index in [9.17, 15) is 4.79 Å². The quantitative estimate of drug-likeness (QED) is 0.645. The van der Waals surface area contributed by atoms with Crippen LogP contribution in [0, 0.1) is 0 Å². The van der Waals surface area contributed by atoms with Crippen molar-refractivity contribution in [3.8, 4) is 0 Å². The summed E-state index contributed by atoms with van der Waals surface area (Å²) in [6, 6.07) is 0. The van der Waals surface area contributed by atoms with E-state index >= 15 is 0 Å². The van der Waals surface area contributed by atoms with Crippen molar-refractivity contribution in [3.05, 3.63) is 11.1 Å². The normalized spacial score (nSPS) is 9.75. The summed E-state index contributed by atoms with van der Waals surface area (Å²) in [5.74, 6) is -0.502. The summed E-state index contributed by atoms with van der Waals surface area (Å²) < 4.78 is 4.62. The minimum Gasteiger partial charge on any atom is -0.459 e. The number of aliphatic hydroxyl groups excluding tert-OH is 1. The monoisotopic (exact) mass is 188 g/mol. The number of esters is 1. The fourth-order valence-corrected chi connectivity index (χ4v) is 1.17. The second-order valence-corrected chi connectivity index (χ2v) is 2.98. The third-order valence-electron chi connectivity index (χ3n) is 1.05. The molecule has 0 aliphatic carbocycles. The highest BCUT2D eigenvalue weighted by molar-refractivity contribution is 7.17. The van der Waals surface area contributed by atoms with Crippen molar-refractivity contribution in [2.45, 2.75) is 0 Å². The SMILES string of the molecule is Nc1ncc(C(=O)OCCO)s1. The minimum atomic E-state index is -0.502. The number of nitrogens with two attached hydrogens (primary N) is 1. The molecule has 0 atom stereocenters. The number of hydrogen-bond donors (Lipinski definition) is 2. The number of carbonyl (C=O) groups excluding carboxylic acids is 1. The number of nitrogen functional groups attached to an aromatic ring is 1. The molecule has 0 unspecified atom stereocenters. The van der Waals surface area contributed by atoms with E-state index in [4.69, 9.17) is 10.8 Å². The molecule has 66 valence electrons. The van der Waals surface area contributed by atoms with Gasteiger partial charge < -0.3 is 15.6 Å². The van der Waals surface area contributed by atoms with Crippen LogP contribution in [0.15, 0.2) is 6.20 Å². The van der Waals surface area contributed by atoms with Crippen molar-refractivity contribution in [1.82, 2.24) is 4.98 Å². The summed E-state index contributed by atoms with van der Waals surface area (Å²) in [6.45, 7) is -0.184. The van der Waals surface area contributed by atoms with Crippen LogP contribution in [0.5, 0.6) is 0 Å². The zero-order valence-corrected chi connectivity index (χ0v) is 7.00. The van der Waals surface area contributed by atoms with Crippen LogP contribution in [0.4, 0.5) is 5.13 Å². The lowest BCUT2D eigenvalue weighted by molar-refractivity contribution is 0.0439.